The van der Waals surface area contributed by atoms with Crippen molar-refractivity contribution in [1.29, 1.82) is 5.26 Å². The zero-order chi connectivity index (χ0) is 30.9. The summed E-state index contributed by atoms with van der Waals surface area (Å²) in [5.74, 6) is 0.132. The Hall–Kier alpha value is -4.63. The van der Waals surface area contributed by atoms with Gasteiger partial charge in [-0.15, -0.1) is 10.2 Å². The van der Waals surface area contributed by atoms with Crippen molar-refractivity contribution in [3.8, 4) is 6.07 Å². The maximum absolute atomic E-state index is 13.0. The van der Waals surface area contributed by atoms with Gasteiger partial charge in [0.2, 0.25) is 5.91 Å². The normalized spacial score (nSPS) is 17.4. The second kappa shape index (κ2) is 11.9. The number of rotatable bonds is 8. The summed E-state index contributed by atoms with van der Waals surface area (Å²) in [7, 11) is 6.87. The van der Waals surface area contributed by atoms with Crippen LogP contribution in [0.25, 0.3) is 0 Å². The zero-order valence-corrected chi connectivity index (χ0v) is 25.2. The Balaban J connectivity index is 1.58. The Morgan fingerprint density at radius 3 is 2.19 bits per heavy atom. The average molecular weight is 584 g/mol. The van der Waals surface area contributed by atoms with Crippen LogP contribution in [0, 0.1) is 11.3 Å². The third-order valence-corrected chi connectivity index (χ3v) is 8.48. The number of benzene rings is 2. The first-order chi connectivity index (χ1) is 20.6. The van der Waals surface area contributed by atoms with Gasteiger partial charge >= 0.3 is 0 Å². The molecule has 5 rings (SSSR count). The highest BCUT2D eigenvalue weighted by Crippen LogP contribution is 2.48. The lowest BCUT2D eigenvalue weighted by molar-refractivity contribution is -0.130. The molecule has 2 atom stereocenters. The number of hydrogen-bond acceptors (Lipinski definition) is 8. The number of carbonyl (C=O) groups is 3. The molecule has 2 heterocycles. The van der Waals surface area contributed by atoms with Crippen molar-refractivity contribution in [3.63, 3.8) is 0 Å². The predicted octanol–water partition coefficient (Wildman–Crippen LogP) is 1.72. The van der Waals surface area contributed by atoms with Crippen molar-refractivity contribution in [2.75, 3.05) is 41.3 Å². The van der Waals surface area contributed by atoms with Crippen LogP contribution in [0.1, 0.15) is 75.0 Å². The fourth-order valence-corrected chi connectivity index (χ4v) is 6.43. The number of fused-ring (bicyclic) bond motifs is 2. The molecule has 43 heavy (non-hydrogen) atoms. The van der Waals surface area contributed by atoms with E-state index >= 15 is 0 Å². The van der Waals surface area contributed by atoms with E-state index in [1.165, 1.54) is 0 Å². The van der Waals surface area contributed by atoms with E-state index in [0.29, 0.717) is 42.8 Å². The van der Waals surface area contributed by atoms with Crippen LogP contribution in [0.15, 0.2) is 36.4 Å². The number of H-pyrrole nitrogens is 1. The SMILES string of the molecule is C[C@@H](CC1(c2nn[nH]n2)c2ccc(C(=O)N(C)C)cc2Cc2cc(C(=O)N(C)C)ccc21)NCC(=O)N1CCCC1C#N. The highest BCUT2D eigenvalue weighted by molar-refractivity contribution is 5.95. The summed E-state index contributed by atoms with van der Waals surface area (Å²) in [5, 5.41) is 28.3. The lowest BCUT2D eigenvalue weighted by atomic mass is 9.62. The minimum absolute atomic E-state index is 0.0912. The second-order valence-electron chi connectivity index (χ2n) is 11.8. The number of likely N-dealkylation sites (tertiary alicyclic amines) is 1. The van der Waals surface area contributed by atoms with Gasteiger partial charge < -0.3 is 20.0 Å². The van der Waals surface area contributed by atoms with Gasteiger partial charge in [-0.3, -0.25) is 14.4 Å². The van der Waals surface area contributed by atoms with Crippen molar-refractivity contribution < 1.29 is 14.4 Å². The molecule has 224 valence electrons. The van der Waals surface area contributed by atoms with Crippen molar-refractivity contribution in [2.24, 2.45) is 0 Å². The number of amides is 3. The van der Waals surface area contributed by atoms with Crippen LogP contribution in [0.3, 0.4) is 0 Å². The number of aromatic amines is 1. The first-order valence-corrected chi connectivity index (χ1v) is 14.4. The number of tetrazole rings is 1. The van der Waals surface area contributed by atoms with Gasteiger partial charge in [0.25, 0.3) is 11.8 Å². The number of nitrogens with one attached hydrogen (secondary N) is 2. The molecule has 2 aromatic carbocycles. The summed E-state index contributed by atoms with van der Waals surface area (Å²) in [6, 6.07) is 13.0. The van der Waals surface area contributed by atoms with Crippen molar-refractivity contribution in [3.05, 3.63) is 75.6 Å². The third-order valence-electron chi connectivity index (χ3n) is 8.48. The molecule has 12 nitrogen and oxygen atoms in total. The Morgan fingerprint density at radius 1 is 1.07 bits per heavy atom. The van der Waals surface area contributed by atoms with E-state index < -0.39 is 5.41 Å². The monoisotopic (exact) mass is 583 g/mol. The molecule has 0 radical (unpaired) electrons. The maximum Gasteiger partial charge on any atom is 0.253 e. The molecule has 3 amide bonds. The standard InChI is InChI=1S/C31H37N9O3/c1-19(33-18-27(41)40-12-6-7-24(40)17-32)16-31(30-34-36-37-35-30)25-10-8-20(28(42)38(2)3)13-22(25)15-23-14-21(9-11-26(23)31)29(43)39(4)5/h8-11,13-14,19,24,33H,6-7,12,15-16,18H2,1-5H3,(H,34,35,36,37)/t19-,24?/m0/s1. The summed E-state index contributed by atoms with van der Waals surface area (Å²) in [4.78, 5) is 43.6. The molecule has 0 bridgehead atoms. The predicted molar refractivity (Wildman–Crippen MR) is 158 cm³/mol. The first-order valence-electron chi connectivity index (χ1n) is 14.4. The van der Waals surface area contributed by atoms with Crippen molar-refractivity contribution >= 4 is 17.7 Å². The highest BCUT2D eigenvalue weighted by atomic mass is 16.2. The number of hydrogen-bond donors (Lipinski definition) is 2. The van der Waals surface area contributed by atoms with E-state index in [2.05, 4.69) is 32.0 Å². The van der Waals surface area contributed by atoms with Gasteiger partial charge in [0, 0.05) is 51.9 Å². The van der Waals surface area contributed by atoms with Gasteiger partial charge in [-0.1, -0.05) is 17.3 Å². The fraction of sp³-hybridized carbons (Fsp3) is 0.452. The number of nitriles is 1. The van der Waals surface area contributed by atoms with Gasteiger partial charge in [-0.05, 0) is 79.1 Å². The van der Waals surface area contributed by atoms with E-state index in [9.17, 15) is 19.6 Å². The number of aromatic nitrogens is 4. The van der Waals surface area contributed by atoms with E-state index in [1.807, 2.05) is 43.3 Å². The molecule has 0 spiro atoms. The molecule has 1 aliphatic heterocycles. The van der Waals surface area contributed by atoms with Crippen molar-refractivity contribution in [1.82, 2.24) is 40.6 Å². The Kier molecular flexibility index (Phi) is 8.28. The fourth-order valence-electron chi connectivity index (χ4n) is 6.43. The lowest BCUT2D eigenvalue weighted by Crippen LogP contribution is -2.46. The highest BCUT2D eigenvalue weighted by Gasteiger charge is 2.47. The van der Waals surface area contributed by atoms with Crippen LogP contribution in [-0.4, -0.2) is 106 Å². The van der Waals surface area contributed by atoms with Crippen LogP contribution >= 0.6 is 0 Å². The van der Waals surface area contributed by atoms with E-state index in [0.717, 1.165) is 28.7 Å². The van der Waals surface area contributed by atoms with Gasteiger partial charge in [0.15, 0.2) is 5.82 Å². The molecule has 2 aliphatic rings. The minimum atomic E-state index is -0.895. The molecule has 12 heteroatoms. The molecule has 3 aromatic rings. The first kappa shape index (κ1) is 29.8. The topological polar surface area (TPSA) is 151 Å². The van der Waals surface area contributed by atoms with Crippen LogP contribution in [0.5, 0.6) is 0 Å². The number of nitrogens with zero attached hydrogens (tertiary/aromatic N) is 7. The summed E-state index contributed by atoms with van der Waals surface area (Å²) in [6.07, 6.45) is 2.50. The average Bonchev–Trinajstić information content (AvgIpc) is 3.71. The van der Waals surface area contributed by atoms with Gasteiger partial charge in [-0.2, -0.15) is 10.5 Å². The third kappa shape index (κ3) is 5.48. The van der Waals surface area contributed by atoms with E-state index in [1.54, 1.807) is 42.9 Å². The molecule has 1 saturated heterocycles. The van der Waals surface area contributed by atoms with E-state index in [4.69, 9.17) is 0 Å². The molecule has 0 saturated carbocycles. The molecule has 1 aromatic heterocycles. The largest absolute Gasteiger partial charge is 0.345 e. The molecule has 1 fully saturated rings. The van der Waals surface area contributed by atoms with Gasteiger partial charge in [0.1, 0.15) is 6.04 Å². The summed E-state index contributed by atoms with van der Waals surface area (Å²) >= 11 is 0. The Bertz CT molecular complexity index is 1510. The van der Waals surface area contributed by atoms with Crippen LogP contribution in [0.4, 0.5) is 0 Å². The maximum atomic E-state index is 13.0. The quantitative estimate of drug-likeness (QED) is 0.407. The smallest absolute Gasteiger partial charge is 0.253 e. The Morgan fingerprint density at radius 2 is 1.67 bits per heavy atom. The number of carbonyl (C=O) groups excluding carboxylic acids is 3. The van der Waals surface area contributed by atoms with Crippen LogP contribution < -0.4 is 5.32 Å². The summed E-state index contributed by atoms with van der Waals surface area (Å²) in [5.41, 5.74) is 3.95. The second-order valence-corrected chi connectivity index (χ2v) is 11.8. The molecule has 1 aliphatic carbocycles. The van der Waals surface area contributed by atoms with E-state index in [-0.39, 0.29) is 36.3 Å². The molecule has 1 unspecified atom stereocenters. The lowest BCUT2D eigenvalue weighted by Gasteiger charge is -2.41. The zero-order valence-electron chi connectivity index (χ0n) is 25.2. The van der Waals surface area contributed by atoms with Crippen LogP contribution in [0.2, 0.25) is 0 Å². The van der Waals surface area contributed by atoms with Gasteiger partial charge in [-0.25, -0.2) is 0 Å². The minimum Gasteiger partial charge on any atom is -0.345 e. The summed E-state index contributed by atoms with van der Waals surface area (Å²) < 4.78 is 0. The van der Waals surface area contributed by atoms with Crippen molar-refractivity contribution in [2.45, 2.75) is 50.1 Å². The Labute approximate surface area is 251 Å². The van der Waals surface area contributed by atoms with Crippen LogP contribution in [-0.2, 0) is 16.6 Å². The molecular formula is C31H37N9O3. The molecular weight excluding hydrogens is 546 g/mol. The summed E-state index contributed by atoms with van der Waals surface area (Å²) in [6.45, 7) is 2.68. The van der Waals surface area contributed by atoms with Gasteiger partial charge in [0.05, 0.1) is 18.0 Å². The molecule has 2 N–H and O–H groups in total.